The Morgan fingerprint density at radius 2 is 1.76 bits per heavy atom. The van der Waals surface area contributed by atoms with Crippen molar-refractivity contribution < 1.29 is 14.6 Å². The standard InChI is InChI=1S/C21H29NO3/c1-3-5-12-25-20-11-6-16(14-21(20)24-4-2)13-18(15-22)17-7-9-19(23)10-8-17/h6-11,14,18,23H,3-5,12-13,15,22H2,1-2H3. The zero-order chi connectivity index (χ0) is 18.1. The zero-order valence-corrected chi connectivity index (χ0v) is 15.2. The normalized spacial score (nSPS) is 12.0. The monoisotopic (exact) mass is 343 g/mol. The minimum Gasteiger partial charge on any atom is -0.508 e. The molecule has 0 aliphatic heterocycles. The molecule has 4 nitrogen and oxygen atoms in total. The Morgan fingerprint density at radius 1 is 1.00 bits per heavy atom. The maximum atomic E-state index is 9.45. The van der Waals surface area contributed by atoms with E-state index in [-0.39, 0.29) is 11.7 Å². The van der Waals surface area contributed by atoms with Crippen molar-refractivity contribution >= 4 is 0 Å². The predicted octanol–water partition coefficient (Wildman–Crippen LogP) is 4.25. The summed E-state index contributed by atoms with van der Waals surface area (Å²) < 4.78 is 11.6. The molecule has 0 fully saturated rings. The smallest absolute Gasteiger partial charge is 0.161 e. The molecular formula is C21H29NO3. The average Bonchev–Trinajstić information content (AvgIpc) is 2.62. The Hall–Kier alpha value is -2.20. The lowest BCUT2D eigenvalue weighted by Gasteiger charge is -2.18. The molecule has 25 heavy (non-hydrogen) atoms. The van der Waals surface area contributed by atoms with Crippen LogP contribution in [0.5, 0.6) is 17.2 Å². The summed E-state index contributed by atoms with van der Waals surface area (Å²) >= 11 is 0. The van der Waals surface area contributed by atoms with E-state index < -0.39 is 0 Å². The van der Waals surface area contributed by atoms with Gasteiger partial charge in [-0.15, -0.1) is 0 Å². The summed E-state index contributed by atoms with van der Waals surface area (Å²) in [6, 6.07) is 13.4. The summed E-state index contributed by atoms with van der Waals surface area (Å²) in [5.41, 5.74) is 8.27. The van der Waals surface area contributed by atoms with E-state index in [4.69, 9.17) is 15.2 Å². The van der Waals surface area contributed by atoms with Crippen LogP contribution in [0.1, 0.15) is 43.7 Å². The summed E-state index contributed by atoms with van der Waals surface area (Å²) in [5.74, 6) is 2.05. The van der Waals surface area contributed by atoms with Gasteiger partial charge in [0.25, 0.3) is 0 Å². The summed E-state index contributed by atoms with van der Waals surface area (Å²) in [7, 11) is 0. The topological polar surface area (TPSA) is 64.7 Å². The van der Waals surface area contributed by atoms with Gasteiger partial charge in [-0.25, -0.2) is 0 Å². The summed E-state index contributed by atoms with van der Waals surface area (Å²) in [6.45, 7) is 5.97. The van der Waals surface area contributed by atoms with Crippen molar-refractivity contribution in [1.29, 1.82) is 0 Å². The predicted molar refractivity (Wildman–Crippen MR) is 102 cm³/mol. The van der Waals surface area contributed by atoms with Gasteiger partial charge >= 0.3 is 0 Å². The maximum Gasteiger partial charge on any atom is 0.161 e. The molecule has 2 aromatic rings. The van der Waals surface area contributed by atoms with Crippen molar-refractivity contribution in [1.82, 2.24) is 0 Å². The molecule has 136 valence electrons. The SMILES string of the molecule is CCCCOc1ccc(CC(CN)c2ccc(O)cc2)cc1OCC. The molecule has 2 rings (SSSR count). The van der Waals surface area contributed by atoms with Crippen LogP contribution in [0.25, 0.3) is 0 Å². The van der Waals surface area contributed by atoms with E-state index >= 15 is 0 Å². The summed E-state index contributed by atoms with van der Waals surface area (Å²) in [4.78, 5) is 0. The van der Waals surface area contributed by atoms with E-state index in [1.54, 1.807) is 12.1 Å². The van der Waals surface area contributed by atoms with Gasteiger partial charge in [0.05, 0.1) is 13.2 Å². The molecule has 0 aliphatic carbocycles. The van der Waals surface area contributed by atoms with Crippen LogP contribution < -0.4 is 15.2 Å². The highest BCUT2D eigenvalue weighted by Gasteiger charge is 2.13. The Kier molecular flexibility index (Phi) is 7.61. The number of aromatic hydroxyl groups is 1. The molecule has 0 spiro atoms. The molecule has 2 aromatic carbocycles. The Balaban J connectivity index is 2.14. The number of unbranched alkanes of at least 4 members (excludes halogenated alkanes) is 1. The molecule has 0 aliphatic rings. The van der Waals surface area contributed by atoms with Gasteiger partial charge in [0.1, 0.15) is 5.75 Å². The molecule has 3 N–H and O–H groups in total. The third-order valence-electron chi connectivity index (χ3n) is 4.19. The average molecular weight is 343 g/mol. The van der Waals surface area contributed by atoms with Crippen LogP contribution in [0.15, 0.2) is 42.5 Å². The molecule has 0 bridgehead atoms. The lowest BCUT2D eigenvalue weighted by Crippen LogP contribution is -2.15. The molecule has 1 unspecified atom stereocenters. The van der Waals surface area contributed by atoms with E-state index in [0.717, 1.165) is 41.9 Å². The fourth-order valence-electron chi connectivity index (χ4n) is 2.76. The number of hydrogen-bond acceptors (Lipinski definition) is 4. The van der Waals surface area contributed by atoms with Crippen LogP contribution in [0.2, 0.25) is 0 Å². The van der Waals surface area contributed by atoms with E-state index in [0.29, 0.717) is 19.8 Å². The Bertz CT molecular complexity index is 640. The van der Waals surface area contributed by atoms with E-state index in [9.17, 15) is 5.11 Å². The first-order valence-corrected chi connectivity index (χ1v) is 9.05. The maximum absolute atomic E-state index is 9.45. The summed E-state index contributed by atoms with van der Waals surface area (Å²) in [6.07, 6.45) is 2.95. The number of benzene rings is 2. The molecule has 0 amide bonds. The molecule has 0 aromatic heterocycles. The molecule has 4 heteroatoms. The quantitative estimate of drug-likeness (QED) is 0.633. The van der Waals surface area contributed by atoms with Crippen molar-refractivity contribution in [2.24, 2.45) is 5.73 Å². The van der Waals surface area contributed by atoms with Crippen molar-refractivity contribution in [3.63, 3.8) is 0 Å². The van der Waals surface area contributed by atoms with Crippen LogP contribution in [0.4, 0.5) is 0 Å². The van der Waals surface area contributed by atoms with Crippen LogP contribution in [0, 0.1) is 0 Å². The Morgan fingerprint density at radius 3 is 2.40 bits per heavy atom. The van der Waals surface area contributed by atoms with Crippen LogP contribution in [-0.4, -0.2) is 24.9 Å². The van der Waals surface area contributed by atoms with E-state index in [1.807, 2.05) is 31.2 Å². The van der Waals surface area contributed by atoms with Gasteiger partial charge in [-0.3, -0.25) is 0 Å². The van der Waals surface area contributed by atoms with E-state index in [1.165, 1.54) is 0 Å². The second-order valence-electron chi connectivity index (χ2n) is 6.14. The zero-order valence-electron chi connectivity index (χ0n) is 15.2. The third kappa shape index (κ3) is 5.68. The second-order valence-corrected chi connectivity index (χ2v) is 6.14. The lowest BCUT2D eigenvalue weighted by molar-refractivity contribution is 0.272. The second kappa shape index (κ2) is 9.94. The van der Waals surface area contributed by atoms with Crippen molar-refractivity contribution in [2.45, 2.75) is 39.0 Å². The van der Waals surface area contributed by atoms with E-state index in [2.05, 4.69) is 13.0 Å². The minimum atomic E-state index is 0.196. The van der Waals surface area contributed by atoms with Gasteiger partial charge in [-0.05, 0) is 61.7 Å². The molecule has 0 saturated heterocycles. The van der Waals surface area contributed by atoms with Crippen molar-refractivity contribution in [2.75, 3.05) is 19.8 Å². The molecular weight excluding hydrogens is 314 g/mol. The summed E-state index contributed by atoms with van der Waals surface area (Å²) in [5, 5.41) is 9.45. The minimum absolute atomic E-state index is 0.196. The number of hydrogen-bond donors (Lipinski definition) is 2. The number of nitrogens with two attached hydrogens (primary N) is 1. The third-order valence-corrected chi connectivity index (χ3v) is 4.19. The molecule has 1 atom stereocenters. The molecule has 0 saturated carbocycles. The van der Waals surface area contributed by atoms with Crippen LogP contribution >= 0.6 is 0 Å². The van der Waals surface area contributed by atoms with Gasteiger partial charge in [-0.2, -0.15) is 0 Å². The first-order valence-electron chi connectivity index (χ1n) is 9.05. The first kappa shape index (κ1) is 19.1. The highest BCUT2D eigenvalue weighted by molar-refractivity contribution is 5.43. The fraction of sp³-hybridized carbons (Fsp3) is 0.429. The number of phenols is 1. The Labute approximate surface area is 150 Å². The largest absolute Gasteiger partial charge is 0.508 e. The van der Waals surface area contributed by atoms with Gasteiger partial charge in [-0.1, -0.05) is 31.5 Å². The first-order chi connectivity index (χ1) is 12.2. The van der Waals surface area contributed by atoms with Crippen LogP contribution in [0.3, 0.4) is 0 Å². The van der Waals surface area contributed by atoms with Crippen molar-refractivity contribution in [3.05, 3.63) is 53.6 Å². The van der Waals surface area contributed by atoms with Crippen LogP contribution in [-0.2, 0) is 6.42 Å². The highest BCUT2D eigenvalue weighted by Crippen LogP contribution is 2.31. The molecule has 0 heterocycles. The van der Waals surface area contributed by atoms with Gasteiger partial charge in [0, 0.05) is 5.92 Å². The fourth-order valence-corrected chi connectivity index (χ4v) is 2.76. The number of ether oxygens (including phenoxy) is 2. The molecule has 0 radical (unpaired) electrons. The number of phenolic OH excluding ortho intramolecular Hbond substituents is 1. The van der Waals surface area contributed by atoms with Gasteiger partial charge < -0.3 is 20.3 Å². The highest BCUT2D eigenvalue weighted by atomic mass is 16.5. The lowest BCUT2D eigenvalue weighted by atomic mass is 9.92. The van der Waals surface area contributed by atoms with Gasteiger partial charge in [0.2, 0.25) is 0 Å². The van der Waals surface area contributed by atoms with Gasteiger partial charge in [0.15, 0.2) is 11.5 Å². The van der Waals surface area contributed by atoms with Crippen molar-refractivity contribution in [3.8, 4) is 17.2 Å². The number of rotatable bonds is 10.